The van der Waals surface area contributed by atoms with Gasteiger partial charge in [0, 0.05) is 25.3 Å². The van der Waals surface area contributed by atoms with Crippen molar-refractivity contribution >= 4 is 17.2 Å². The number of rotatable bonds is 4. The van der Waals surface area contributed by atoms with E-state index in [1.54, 1.807) is 17.0 Å². The lowest BCUT2D eigenvalue weighted by Gasteiger charge is -2.32. The Kier molecular flexibility index (Phi) is 5.38. The van der Waals surface area contributed by atoms with Crippen molar-refractivity contribution in [1.82, 2.24) is 10.1 Å². The van der Waals surface area contributed by atoms with E-state index in [0.29, 0.717) is 29.3 Å². The molecule has 9 heteroatoms. The smallest absolute Gasteiger partial charge is 0.396 e. The molecule has 3 rings (SSSR count). The number of carbonyl (C=O) groups is 1. The average molecular weight is 388 g/mol. The first-order valence-electron chi connectivity index (χ1n) is 8.35. The molecule has 5 nitrogen and oxygen atoms in total. The molecule has 2 aromatic rings. The average Bonchev–Trinajstić information content (AvgIpc) is 3.20. The maximum Gasteiger partial charge on any atom is 0.452 e. The van der Waals surface area contributed by atoms with Gasteiger partial charge in [-0.1, -0.05) is 5.16 Å². The highest BCUT2D eigenvalue weighted by molar-refractivity contribution is 7.17. The maximum atomic E-state index is 12.8. The third kappa shape index (κ3) is 3.78. The highest BCUT2D eigenvalue weighted by Gasteiger charge is 2.39. The van der Waals surface area contributed by atoms with Gasteiger partial charge in [-0.2, -0.15) is 13.2 Å². The van der Waals surface area contributed by atoms with E-state index in [9.17, 15) is 18.0 Å². The Labute approximate surface area is 152 Å². The minimum atomic E-state index is -4.60. The summed E-state index contributed by atoms with van der Waals surface area (Å²) >= 11 is 1.11. The minimum Gasteiger partial charge on any atom is -0.396 e. The first-order valence-corrected chi connectivity index (χ1v) is 9.16. The predicted octanol–water partition coefficient (Wildman–Crippen LogP) is 3.96. The van der Waals surface area contributed by atoms with Crippen LogP contribution in [-0.4, -0.2) is 40.8 Å². The second-order valence-corrected chi connectivity index (χ2v) is 7.50. The molecule has 1 aliphatic heterocycles. The lowest BCUT2D eigenvalue weighted by molar-refractivity contribution is -0.156. The van der Waals surface area contributed by atoms with Crippen molar-refractivity contribution in [2.24, 2.45) is 5.92 Å². The van der Waals surface area contributed by atoms with Gasteiger partial charge in [-0.3, -0.25) is 4.79 Å². The molecule has 1 amide bonds. The van der Waals surface area contributed by atoms with Crippen LogP contribution in [0.2, 0.25) is 0 Å². The van der Waals surface area contributed by atoms with Crippen LogP contribution in [0.5, 0.6) is 0 Å². The number of amides is 1. The molecule has 0 bridgehead atoms. The fourth-order valence-corrected chi connectivity index (χ4v) is 4.25. The van der Waals surface area contributed by atoms with E-state index in [-0.39, 0.29) is 29.7 Å². The van der Waals surface area contributed by atoms with Crippen molar-refractivity contribution in [3.8, 4) is 10.6 Å². The summed E-state index contributed by atoms with van der Waals surface area (Å²) in [4.78, 5) is 15.4. The number of thiophene rings is 1. The van der Waals surface area contributed by atoms with Gasteiger partial charge in [0.05, 0.1) is 9.75 Å². The lowest BCUT2D eigenvalue weighted by atomic mass is 9.95. The Morgan fingerprint density at radius 2 is 2.23 bits per heavy atom. The summed E-state index contributed by atoms with van der Waals surface area (Å²) in [6, 6.07) is 3.21. The summed E-state index contributed by atoms with van der Waals surface area (Å²) in [5, 5.41) is 12.6. The zero-order chi connectivity index (χ0) is 18.9. The molecule has 1 fully saturated rings. The molecule has 0 aromatic carbocycles. The van der Waals surface area contributed by atoms with Gasteiger partial charge in [-0.05, 0) is 44.2 Å². The van der Waals surface area contributed by atoms with Gasteiger partial charge in [0.25, 0.3) is 5.91 Å². The van der Waals surface area contributed by atoms with Crippen LogP contribution in [0, 0.1) is 12.8 Å². The number of nitrogens with zero attached hydrogens (tertiary/aromatic N) is 2. The molecule has 1 unspecified atom stereocenters. The molecule has 2 aromatic heterocycles. The SMILES string of the molecule is Cc1c(-c2ccc(C(=O)N3CCCC(CCO)C3)s2)noc1C(F)(F)F. The molecule has 142 valence electrons. The van der Waals surface area contributed by atoms with E-state index in [1.165, 1.54) is 6.92 Å². The van der Waals surface area contributed by atoms with E-state index < -0.39 is 11.9 Å². The summed E-state index contributed by atoms with van der Waals surface area (Å²) in [5.41, 5.74) is 0.0255. The standard InChI is InChI=1S/C17H19F3N2O3S/c1-10-14(21-25-15(10)17(18,19)20)12-4-5-13(26-12)16(24)22-7-2-3-11(9-22)6-8-23/h4-5,11,23H,2-3,6-9H2,1H3. The summed E-state index contributed by atoms with van der Waals surface area (Å²) in [6.07, 6.45) is -2.07. The Bertz CT molecular complexity index is 783. The van der Waals surface area contributed by atoms with Crippen molar-refractivity contribution in [3.05, 3.63) is 28.3 Å². The zero-order valence-corrected chi connectivity index (χ0v) is 15.0. The van der Waals surface area contributed by atoms with Gasteiger partial charge >= 0.3 is 6.18 Å². The van der Waals surface area contributed by atoms with E-state index in [2.05, 4.69) is 9.68 Å². The predicted molar refractivity (Wildman–Crippen MR) is 89.9 cm³/mol. The van der Waals surface area contributed by atoms with E-state index in [1.807, 2.05) is 0 Å². The molecular formula is C17H19F3N2O3S. The molecule has 0 aliphatic carbocycles. The van der Waals surface area contributed by atoms with Crippen LogP contribution in [0.4, 0.5) is 13.2 Å². The van der Waals surface area contributed by atoms with Crippen LogP contribution >= 0.6 is 11.3 Å². The first kappa shape index (κ1) is 18.9. The Morgan fingerprint density at radius 3 is 2.88 bits per heavy atom. The highest BCUT2D eigenvalue weighted by Crippen LogP contribution is 2.38. The van der Waals surface area contributed by atoms with Crippen LogP contribution in [0.1, 0.15) is 40.3 Å². The fourth-order valence-electron chi connectivity index (χ4n) is 3.23. The Hall–Kier alpha value is -1.87. The largest absolute Gasteiger partial charge is 0.452 e. The number of likely N-dealkylation sites (tertiary alicyclic amines) is 1. The number of piperidine rings is 1. The number of aliphatic hydroxyl groups is 1. The van der Waals surface area contributed by atoms with Crippen molar-refractivity contribution in [2.45, 2.75) is 32.4 Å². The van der Waals surface area contributed by atoms with Gasteiger partial charge in [0.15, 0.2) is 0 Å². The normalized spacial score (nSPS) is 18.3. The Morgan fingerprint density at radius 1 is 1.46 bits per heavy atom. The van der Waals surface area contributed by atoms with Gasteiger partial charge in [-0.25, -0.2) is 0 Å². The van der Waals surface area contributed by atoms with E-state index in [0.717, 1.165) is 24.2 Å². The number of alkyl halides is 3. The number of aliphatic hydroxyl groups excluding tert-OH is 1. The van der Waals surface area contributed by atoms with Gasteiger partial charge < -0.3 is 14.5 Å². The lowest BCUT2D eigenvalue weighted by Crippen LogP contribution is -2.39. The van der Waals surface area contributed by atoms with E-state index in [4.69, 9.17) is 5.11 Å². The van der Waals surface area contributed by atoms with Crippen molar-refractivity contribution in [2.75, 3.05) is 19.7 Å². The number of hydrogen-bond acceptors (Lipinski definition) is 5. The molecule has 0 spiro atoms. The highest BCUT2D eigenvalue weighted by atomic mass is 32.1. The molecule has 1 N–H and O–H groups in total. The van der Waals surface area contributed by atoms with Crippen molar-refractivity contribution in [1.29, 1.82) is 0 Å². The molecule has 0 saturated carbocycles. The van der Waals surface area contributed by atoms with Gasteiger partial charge in [-0.15, -0.1) is 11.3 Å². The van der Waals surface area contributed by atoms with Crippen molar-refractivity contribution in [3.63, 3.8) is 0 Å². The van der Waals surface area contributed by atoms with Crippen LogP contribution < -0.4 is 0 Å². The van der Waals surface area contributed by atoms with Gasteiger partial charge in [0.2, 0.25) is 5.76 Å². The third-order valence-corrected chi connectivity index (χ3v) is 5.66. The monoisotopic (exact) mass is 388 g/mol. The number of halogens is 3. The maximum absolute atomic E-state index is 12.8. The quantitative estimate of drug-likeness (QED) is 0.861. The molecular weight excluding hydrogens is 369 g/mol. The summed E-state index contributed by atoms with van der Waals surface area (Å²) in [5.74, 6) is -0.970. The first-order chi connectivity index (χ1) is 12.3. The van der Waals surface area contributed by atoms with Gasteiger partial charge in [0.1, 0.15) is 5.69 Å². The third-order valence-electron chi connectivity index (χ3n) is 4.58. The van der Waals surface area contributed by atoms with E-state index >= 15 is 0 Å². The fraction of sp³-hybridized carbons (Fsp3) is 0.529. The topological polar surface area (TPSA) is 66.6 Å². The molecule has 1 aliphatic rings. The molecule has 1 saturated heterocycles. The second kappa shape index (κ2) is 7.40. The summed E-state index contributed by atoms with van der Waals surface area (Å²) in [7, 11) is 0. The second-order valence-electron chi connectivity index (χ2n) is 6.42. The van der Waals surface area contributed by atoms with Crippen LogP contribution in [0.3, 0.4) is 0 Å². The number of hydrogen-bond donors (Lipinski definition) is 1. The Balaban J connectivity index is 1.78. The summed E-state index contributed by atoms with van der Waals surface area (Å²) < 4.78 is 43.0. The van der Waals surface area contributed by atoms with Crippen molar-refractivity contribution < 1.29 is 27.6 Å². The number of aromatic nitrogens is 1. The van der Waals surface area contributed by atoms with Crippen LogP contribution in [0.25, 0.3) is 10.6 Å². The molecule has 1 atom stereocenters. The van der Waals surface area contributed by atoms with Crippen LogP contribution in [-0.2, 0) is 6.18 Å². The summed E-state index contributed by atoms with van der Waals surface area (Å²) in [6.45, 7) is 2.64. The zero-order valence-electron chi connectivity index (χ0n) is 14.2. The van der Waals surface area contributed by atoms with Crippen LogP contribution in [0.15, 0.2) is 16.7 Å². The molecule has 3 heterocycles. The number of carbonyl (C=O) groups excluding carboxylic acids is 1. The molecule has 26 heavy (non-hydrogen) atoms. The minimum absolute atomic E-state index is 0.0840. The molecule has 0 radical (unpaired) electrons.